The van der Waals surface area contributed by atoms with Crippen molar-refractivity contribution in [2.75, 3.05) is 6.54 Å². The number of aromatic nitrogens is 1. The number of hydrogen-bond donors (Lipinski definition) is 2. The number of fused-ring (bicyclic) bond motifs is 7. The molecule has 2 N–H and O–H groups in total. The summed E-state index contributed by atoms with van der Waals surface area (Å²) in [6.45, 7) is 17.5. The van der Waals surface area contributed by atoms with E-state index < -0.39 is 0 Å². The third-order valence-electron chi connectivity index (χ3n) is 15.0. The van der Waals surface area contributed by atoms with E-state index in [-0.39, 0.29) is 11.9 Å². The molecule has 5 fully saturated rings. The van der Waals surface area contributed by atoms with Crippen LogP contribution in [-0.2, 0) is 11.2 Å². The molecule has 0 saturated heterocycles. The van der Waals surface area contributed by atoms with Crippen molar-refractivity contribution < 1.29 is 9.59 Å². The number of carbonyl (C=O) groups is 2. The van der Waals surface area contributed by atoms with E-state index in [4.69, 9.17) is 0 Å². The van der Waals surface area contributed by atoms with Crippen LogP contribution in [0.1, 0.15) is 153 Å². The van der Waals surface area contributed by atoms with E-state index >= 15 is 0 Å². The Morgan fingerprint density at radius 2 is 1.69 bits per heavy atom. The largest absolute Gasteiger partial charge is 0.358 e. The van der Waals surface area contributed by atoms with Crippen LogP contribution >= 0.6 is 0 Å². The molecule has 51 heavy (non-hydrogen) atoms. The average molecular weight is 694 g/mol. The molecule has 0 bridgehead atoms. The van der Waals surface area contributed by atoms with Crippen LogP contribution < -0.4 is 10.6 Å². The van der Waals surface area contributed by atoms with Gasteiger partial charge in [-0.1, -0.05) is 65.7 Å². The lowest BCUT2D eigenvalue weighted by Gasteiger charge is -2.68. The number of terminal acetylenes is 1. The lowest BCUT2D eigenvalue weighted by Crippen LogP contribution is -2.61. The molecule has 9 unspecified atom stereocenters. The summed E-state index contributed by atoms with van der Waals surface area (Å²) in [7, 11) is 0. The van der Waals surface area contributed by atoms with E-state index in [2.05, 4.69) is 62.6 Å². The van der Waals surface area contributed by atoms with E-state index in [1.165, 1.54) is 38.5 Å². The predicted octanol–water partition coefficient (Wildman–Crippen LogP) is 10.4. The maximum Gasteiger partial charge on any atom is 0.251 e. The molecular formula is C46H67N3O2. The molecule has 2 aromatic rings. The predicted molar refractivity (Wildman–Crippen MR) is 210 cm³/mol. The summed E-state index contributed by atoms with van der Waals surface area (Å²) in [6, 6.07) is 12.9. The molecule has 0 radical (unpaired) electrons. The molecule has 5 heteroatoms. The number of carbonyl (C=O) groups excluding carboxylic acids is 2. The number of rotatable bonds is 7. The van der Waals surface area contributed by atoms with Crippen LogP contribution in [-0.4, -0.2) is 23.8 Å². The van der Waals surface area contributed by atoms with Gasteiger partial charge in [0.2, 0.25) is 6.41 Å². The number of nitrogens with one attached hydrogen (secondary N) is 2. The van der Waals surface area contributed by atoms with Gasteiger partial charge in [0.25, 0.3) is 5.91 Å². The van der Waals surface area contributed by atoms with Gasteiger partial charge < -0.3 is 10.6 Å². The Labute approximate surface area is 310 Å². The number of amides is 2. The molecule has 7 rings (SSSR count). The molecular weight excluding hydrogens is 627 g/mol. The van der Waals surface area contributed by atoms with Gasteiger partial charge in [0.15, 0.2) is 0 Å². The summed E-state index contributed by atoms with van der Waals surface area (Å²) in [5.41, 5.74) is 5.03. The van der Waals surface area contributed by atoms with E-state index in [1.807, 2.05) is 43.3 Å². The van der Waals surface area contributed by atoms with Gasteiger partial charge in [0.05, 0.1) is 11.7 Å². The second-order valence-electron chi connectivity index (χ2n) is 18.3. The highest BCUT2D eigenvalue weighted by atomic mass is 16.1. The smallest absolute Gasteiger partial charge is 0.251 e. The number of nitrogens with zero attached hydrogens (tertiary/aromatic N) is 1. The van der Waals surface area contributed by atoms with Crippen LogP contribution in [0, 0.1) is 63.6 Å². The molecule has 5 aliphatic rings. The van der Waals surface area contributed by atoms with Crippen LogP contribution in [0.5, 0.6) is 0 Å². The first kappa shape index (κ1) is 39.1. The average Bonchev–Trinajstić information content (AvgIpc) is 3.51. The van der Waals surface area contributed by atoms with Crippen molar-refractivity contribution in [3.05, 3.63) is 65.5 Å². The first-order valence-electron chi connectivity index (χ1n) is 20.2. The van der Waals surface area contributed by atoms with E-state index in [1.54, 1.807) is 57.7 Å². The zero-order chi connectivity index (χ0) is 36.9. The Kier molecular flexibility index (Phi) is 12.5. The first-order valence-corrected chi connectivity index (χ1v) is 20.2. The fraction of sp³-hybridized carbons (Fsp3) is 0.674. The van der Waals surface area contributed by atoms with Gasteiger partial charge in [0.1, 0.15) is 0 Å². The highest BCUT2D eigenvalue weighted by Gasteiger charge is 2.64. The van der Waals surface area contributed by atoms with Crippen LogP contribution in [0.2, 0.25) is 0 Å². The van der Waals surface area contributed by atoms with Crippen molar-refractivity contribution in [1.29, 1.82) is 0 Å². The minimum Gasteiger partial charge on any atom is -0.358 e. The van der Waals surface area contributed by atoms with E-state index in [9.17, 15) is 9.59 Å². The fourth-order valence-corrected chi connectivity index (χ4v) is 12.8. The zero-order valence-corrected chi connectivity index (χ0v) is 32.9. The summed E-state index contributed by atoms with van der Waals surface area (Å²) >= 11 is 0. The molecule has 278 valence electrons. The molecule has 5 nitrogen and oxygen atoms in total. The van der Waals surface area contributed by atoms with Crippen molar-refractivity contribution in [3.8, 4) is 12.3 Å². The van der Waals surface area contributed by atoms with Crippen LogP contribution in [0.3, 0.4) is 0 Å². The summed E-state index contributed by atoms with van der Waals surface area (Å²) in [5.74, 6) is 7.32. The van der Waals surface area contributed by atoms with Crippen molar-refractivity contribution in [1.82, 2.24) is 15.6 Å². The van der Waals surface area contributed by atoms with E-state index in [0.717, 1.165) is 46.3 Å². The number of pyridine rings is 1. The Morgan fingerprint density at radius 1 is 0.902 bits per heavy atom. The normalized spacial score (nSPS) is 34.8. The highest BCUT2D eigenvalue weighted by Crippen LogP contribution is 2.72. The van der Waals surface area contributed by atoms with Gasteiger partial charge in [-0.15, -0.1) is 12.3 Å². The maximum absolute atomic E-state index is 12.3. The van der Waals surface area contributed by atoms with Gasteiger partial charge in [-0.3, -0.25) is 14.6 Å². The third kappa shape index (κ3) is 8.11. The molecule has 0 aliphatic heterocycles. The SMILES string of the molecule is C#CC.CC(NC(=O)c1cccc(CCNC=O)c1)c1ccccn1.CC1(C)CCCC2(C)C1CCC1(C)C3CCC4(C)CCCC4C3CCC12. The van der Waals surface area contributed by atoms with Gasteiger partial charge in [0, 0.05) is 18.3 Å². The molecule has 1 heterocycles. The summed E-state index contributed by atoms with van der Waals surface area (Å²) < 4.78 is 0. The standard InChI is InChI=1S/C26H44.C17H19N3O2.C3H4/c1-23(2)13-7-15-26(5)21(23)12-17-25(4)20-11-16-24(3)14-6-8-19(24)18(20)9-10-22(25)26;1-13(16-7-2-3-9-19-16)20-17(22)15-6-4-5-14(11-15)8-10-18-12-21;1-3-2/h18-22H,6-17H2,1-5H3;2-7,9,11-13H,8,10H2,1H3,(H,18,21)(H,20,22);1H,2H3. The summed E-state index contributed by atoms with van der Waals surface area (Å²) in [4.78, 5) is 26.8. The summed E-state index contributed by atoms with van der Waals surface area (Å²) in [6.07, 6.45) is 26.1. The molecule has 9 atom stereocenters. The lowest BCUT2D eigenvalue weighted by molar-refractivity contribution is -0.194. The molecule has 2 amide bonds. The monoisotopic (exact) mass is 694 g/mol. The third-order valence-corrected chi connectivity index (χ3v) is 15.0. The fourth-order valence-electron chi connectivity index (χ4n) is 12.8. The van der Waals surface area contributed by atoms with Gasteiger partial charge in [-0.05, 0) is 166 Å². The minimum atomic E-state index is -0.158. The van der Waals surface area contributed by atoms with Crippen LogP contribution in [0.15, 0.2) is 48.7 Å². The first-order chi connectivity index (χ1) is 24.3. The molecule has 1 aromatic heterocycles. The van der Waals surface area contributed by atoms with Crippen LogP contribution in [0.25, 0.3) is 0 Å². The molecule has 5 saturated carbocycles. The minimum absolute atomic E-state index is 0.136. The second kappa shape index (κ2) is 16.3. The van der Waals surface area contributed by atoms with Gasteiger partial charge in [-0.2, -0.15) is 0 Å². The number of hydrogen-bond acceptors (Lipinski definition) is 3. The Hall–Kier alpha value is -3.13. The van der Waals surface area contributed by atoms with E-state index in [0.29, 0.717) is 41.2 Å². The highest BCUT2D eigenvalue weighted by molar-refractivity contribution is 5.94. The van der Waals surface area contributed by atoms with Crippen molar-refractivity contribution >= 4 is 12.3 Å². The summed E-state index contributed by atoms with van der Waals surface area (Å²) in [5, 5.41) is 5.54. The molecule has 0 spiro atoms. The lowest BCUT2D eigenvalue weighted by atomic mass is 9.36. The van der Waals surface area contributed by atoms with Crippen molar-refractivity contribution in [2.24, 2.45) is 51.2 Å². The second-order valence-corrected chi connectivity index (χ2v) is 18.3. The van der Waals surface area contributed by atoms with Gasteiger partial charge in [-0.25, -0.2) is 0 Å². The zero-order valence-electron chi connectivity index (χ0n) is 32.9. The van der Waals surface area contributed by atoms with Crippen LogP contribution in [0.4, 0.5) is 0 Å². The topological polar surface area (TPSA) is 71.1 Å². The van der Waals surface area contributed by atoms with Crippen molar-refractivity contribution in [3.63, 3.8) is 0 Å². The molecule has 1 aromatic carbocycles. The maximum atomic E-state index is 12.3. The number of benzene rings is 1. The van der Waals surface area contributed by atoms with Crippen molar-refractivity contribution in [2.45, 2.75) is 138 Å². The Balaban J connectivity index is 0.000000187. The quantitative estimate of drug-likeness (QED) is 0.172. The Bertz CT molecular complexity index is 1510. The molecule has 5 aliphatic carbocycles. The van der Waals surface area contributed by atoms with Gasteiger partial charge >= 0.3 is 0 Å². The Morgan fingerprint density at radius 3 is 2.41 bits per heavy atom.